The van der Waals surface area contributed by atoms with Gasteiger partial charge >= 0.3 is 0 Å². The molecule has 0 saturated carbocycles. The lowest BCUT2D eigenvalue weighted by atomic mass is 9.78. The third kappa shape index (κ3) is 2.65. The number of amides is 1. The number of carbonyl (C=O) groups is 1. The number of carbonyl (C=O) groups excluding carboxylic acids is 1. The molecule has 1 amide bonds. The number of halogens is 1. The molecule has 4 rings (SSSR count). The van der Waals surface area contributed by atoms with Crippen LogP contribution in [0.4, 0.5) is 10.1 Å². The fraction of sp³-hybridized carbons (Fsp3) is 0.300. The van der Waals surface area contributed by atoms with Gasteiger partial charge in [0, 0.05) is 25.3 Å². The summed E-state index contributed by atoms with van der Waals surface area (Å²) in [5, 5.41) is 3.75. The van der Waals surface area contributed by atoms with Gasteiger partial charge in [0.1, 0.15) is 17.5 Å². The number of para-hydroxylation sites is 1. The minimum Gasteiger partial charge on any atom is -0.467 e. The first-order valence-electron chi connectivity index (χ1n) is 8.68. The van der Waals surface area contributed by atoms with E-state index in [-0.39, 0.29) is 17.8 Å². The van der Waals surface area contributed by atoms with Crippen LogP contribution in [-0.4, -0.2) is 35.7 Å². The van der Waals surface area contributed by atoms with Crippen LogP contribution in [0.5, 0.6) is 5.75 Å². The van der Waals surface area contributed by atoms with Crippen LogP contribution in [0.2, 0.25) is 0 Å². The van der Waals surface area contributed by atoms with Gasteiger partial charge in [-0.05, 0) is 49.5 Å². The summed E-state index contributed by atoms with van der Waals surface area (Å²) in [6, 6.07) is 13.3. The summed E-state index contributed by atoms with van der Waals surface area (Å²) in [5.41, 5.74) is 0.502. The smallest absolute Gasteiger partial charge is 0.233 e. The molecule has 27 heavy (non-hydrogen) atoms. The standard InChI is InChI=1S/C20H20FN3O2S/c1-20-16(18(25)23(2)3)17(14-6-4-5-7-15(14)26-20)22-19(27)24(20)13-10-8-12(21)9-11-13/h4-11,16-17H,1-3H3,(H,22,27)/t16-,17-,20-/m0/s1. The van der Waals surface area contributed by atoms with Crippen LogP contribution in [0.3, 0.4) is 0 Å². The number of benzene rings is 2. The summed E-state index contributed by atoms with van der Waals surface area (Å²) >= 11 is 5.62. The maximum absolute atomic E-state index is 13.4. The molecule has 0 spiro atoms. The van der Waals surface area contributed by atoms with E-state index in [0.717, 1.165) is 5.56 Å². The fourth-order valence-corrected chi connectivity index (χ4v) is 4.38. The molecule has 2 aliphatic heterocycles. The Morgan fingerprint density at radius 3 is 2.56 bits per heavy atom. The predicted octanol–water partition coefficient (Wildman–Crippen LogP) is 3.07. The second-order valence-corrected chi connectivity index (χ2v) is 7.53. The Morgan fingerprint density at radius 2 is 1.89 bits per heavy atom. The van der Waals surface area contributed by atoms with Crippen molar-refractivity contribution in [2.24, 2.45) is 5.92 Å². The zero-order valence-corrected chi connectivity index (χ0v) is 16.1. The molecule has 1 saturated heterocycles. The molecule has 0 aromatic heterocycles. The Kier molecular flexibility index (Phi) is 4.07. The molecule has 0 radical (unpaired) electrons. The maximum Gasteiger partial charge on any atom is 0.233 e. The highest BCUT2D eigenvalue weighted by Crippen LogP contribution is 2.49. The molecule has 7 heteroatoms. The molecule has 1 fully saturated rings. The lowest BCUT2D eigenvalue weighted by molar-refractivity contribution is -0.144. The van der Waals surface area contributed by atoms with Gasteiger partial charge in [-0.25, -0.2) is 4.39 Å². The van der Waals surface area contributed by atoms with E-state index in [0.29, 0.717) is 16.5 Å². The molecule has 1 N–H and O–H groups in total. The number of hydrogen-bond acceptors (Lipinski definition) is 3. The van der Waals surface area contributed by atoms with E-state index in [4.69, 9.17) is 17.0 Å². The van der Waals surface area contributed by atoms with Crippen molar-refractivity contribution in [1.82, 2.24) is 10.2 Å². The molecule has 2 aliphatic rings. The summed E-state index contributed by atoms with van der Waals surface area (Å²) in [5.74, 6) is -0.248. The number of anilines is 1. The third-order valence-corrected chi connectivity index (χ3v) is 5.50. The summed E-state index contributed by atoms with van der Waals surface area (Å²) in [6.07, 6.45) is 0. The second-order valence-electron chi connectivity index (χ2n) is 7.14. The maximum atomic E-state index is 13.4. The zero-order chi connectivity index (χ0) is 19.3. The van der Waals surface area contributed by atoms with Gasteiger partial charge in [0.2, 0.25) is 5.91 Å². The summed E-state index contributed by atoms with van der Waals surface area (Å²) in [4.78, 5) is 16.5. The lowest BCUT2D eigenvalue weighted by Gasteiger charge is -2.56. The number of nitrogens with one attached hydrogen (secondary N) is 1. The summed E-state index contributed by atoms with van der Waals surface area (Å²) < 4.78 is 19.8. The molecule has 2 aromatic rings. The number of fused-ring (bicyclic) bond motifs is 4. The average molecular weight is 385 g/mol. The van der Waals surface area contributed by atoms with E-state index >= 15 is 0 Å². The normalized spacial score (nSPS) is 25.9. The van der Waals surface area contributed by atoms with Gasteiger partial charge in [-0.15, -0.1) is 0 Å². The Hall–Kier alpha value is -2.67. The Balaban J connectivity index is 1.90. The molecular weight excluding hydrogens is 365 g/mol. The number of hydrogen-bond donors (Lipinski definition) is 1. The number of nitrogens with zero attached hydrogens (tertiary/aromatic N) is 2. The van der Waals surface area contributed by atoms with Crippen molar-refractivity contribution in [3.8, 4) is 5.75 Å². The van der Waals surface area contributed by atoms with Crippen LogP contribution in [0, 0.1) is 11.7 Å². The first kappa shape index (κ1) is 17.7. The van der Waals surface area contributed by atoms with E-state index in [1.54, 1.807) is 36.0 Å². The van der Waals surface area contributed by atoms with Crippen LogP contribution >= 0.6 is 12.2 Å². The molecule has 0 unspecified atom stereocenters. The van der Waals surface area contributed by atoms with Crippen LogP contribution in [-0.2, 0) is 4.79 Å². The molecule has 2 bridgehead atoms. The molecule has 2 heterocycles. The highest BCUT2D eigenvalue weighted by atomic mass is 32.1. The summed E-state index contributed by atoms with van der Waals surface area (Å²) in [6.45, 7) is 1.86. The third-order valence-electron chi connectivity index (χ3n) is 5.20. The van der Waals surface area contributed by atoms with Crippen molar-refractivity contribution in [2.45, 2.75) is 18.7 Å². The fourth-order valence-electron chi connectivity index (χ4n) is 3.96. The van der Waals surface area contributed by atoms with Gasteiger partial charge in [0.05, 0.1) is 6.04 Å². The monoisotopic (exact) mass is 385 g/mol. The van der Waals surface area contributed by atoms with Gasteiger partial charge < -0.3 is 15.0 Å². The van der Waals surface area contributed by atoms with Crippen molar-refractivity contribution < 1.29 is 13.9 Å². The highest BCUT2D eigenvalue weighted by Gasteiger charge is 2.59. The topological polar surface area (TPSA) is 44.8 Å². The molecule has 0 aliphatic carbocycles. The van der Waals surface area contributed by atoms with Crippen LogP contribution < -0.4 is 15.0 Å². The Bertz CT molecular complexity index is 918. The van der Waals surface area contributed by atoms with Crippen molar-refractivity contribution in [2.75, 3.05) is 19.0 Å². The van der Waals surface area contributed by atoms with Crippen molar-refractivity contribution >= 4 is 28.9 Å². The first-order valence-corrected chi connectivity index (χ1v) is 9.09. The Morgan fingerprint density at radius 1 is 1.22 bits per heavy atom. The minimum absolute atomic E-state index is 0.0703. The van der Waals surface area contributed by atoms with Crippen LogP contribution in [0.15, 0.2) is 48.5 Å². The predicted molar refractivity (Wildman–Crippen MR) is 105 cm³/mol. The van der Waals surface area contributed by atoms with Gasteiger partial charge in [-0.2, -0.15) is 0 Å². The molecule has 140 valence electrons. The second kappa shape index (κ2) is 6.20. The van der Waals surface area contributed by atoms with Crippen molar-refractivity contribution in [1.29, 1.82) is 0 Å². The molecule has 2 aromatic carbocycles. The highest BCUT2D eigenvalue weighted by molar-refractivity contribution is 7.80. The van der Waals surface area contributed by atoms with E-state index in [2.05, 4.69) is 5.32 Å². The van der Waals surface area contributed by atoms with Crippen molar-refractivity contribution in [3.05, 3.63) is 59.9 Å². The molecule has 5 nitrogen and oxygen atoms in total. The van der Waals surface area contributed by atoms with Gasteiger partial charge in [-0.3, -0.25) is 9.69 Å². The Labute approximate surface area is 162 Å². The number of ether oxygens (including phenoxy) is 1. The SMILES string of the molecule is CN(C)C(=O)[C@@H]1[C@H]2NC(=S)N(c3ccc(F)cc3)[C@@]1(C)Oc1ccccc12. The minimum atomic E-state index is -1.06. The molecule has 3 atom stereocenters. The zero-order valence-electron chi connectivity index (χ0n) is 15.3. The van der Waals surface area contributed by atoms with Gasteiger partial charge in [0.15, 0.2) is 10.8 Å². The number of rotatable bonds is 2. The average Bonchev–Trinajstić information content (AvgIpc) is 2.62. The van der Waals surface area contributed by atoms with Crippen molar-refractivity contribution in [3.63, 3.8) is 0 Å². The van der Waals surface area contributed by atoms with Crippen LogP contribution in [0.25, 0.3) is 0 Å². The largest absolute Gasteiger partial charge is 0.467 e. The molecular formula is C20H20FN3O2S. The van der Waals surface area contributed by atoms with E-state index in [1.807, 2.05) is 31.2 Å². The van der Waals surface area contributed by atoms with Gasteiger partial charge in [0.25, 0.3) is 0 Å². The van der Waals surface area contributed by atoms with Gasteiger partial charge in [-0.1, -0.05) is 18.2 Å². The van der Waals surface area contributed by atoms with E-state index < -0.39 is 11.6 Å². The first-order chi connectivity index (χ1) is 12.8. The van der Waals surface area contributed by atoms with E-state index in [1.165, 1.54) is 12.1 Å². The lowest BCUT2D eigenvalue weighted by Crippen LogP contribution is -2.72. The van der Waals surface area contributed by atoms with E-state index in [9.17, 15) is 9.18 Å². The summed E-state index contributed by atoms with van der Waals surface area (Å²) in [7, 11) is 3.45. The quantitative estimate of drug-likeness (QED) is 0.805. The number of thiocarbonyl (C=S) groups is 1. The van der Waals surface area contributed by atoms with Crippen LogP contribution in [0.1, 0.15) is 18.5 Å².